The Balaban J connectivity index is -0.00000000655. The number of halogens is 6. The Morgan fingerprint density at radius 1 is 0.308 bits per heavy atom. The summed E-state index contributed by atoms with van der Waals surface area (Å²) in [5.74, 6) is 0. The van der Waals surface area contributed by atoms with Crippen LogP contribution in [0.15, 0.2) is 0 Å². The largest absolute Gasteiger partial charge is 0.169 e. The van der Waals surface area contributed by atoms with E-state index in [2.05, 4.69) is 34.2 Å². The molecule has 0 bridgehead atoms. The molecule has 0 nitrogen and oxygen atoms in total. The molecule has 0 spiro atoms. The first kappa shape index (κ1) is 43.1. The summed E-state index contributed by atoms with van der Waals surface area (Å²) >= 11 is 9.90. The second-order valence-electron chi connectivity index (χ2n) is 0. The van der Waals surface area contributed by atoms with Gasteiger partial charge in [-0.15, -0.1) is 0 Å². The number of hydrogen-bond donors (Lipinski definition) is 0. The van der Waals surface area contributed by atoms with E-state index in [0.29, 0.717) is 0 Å². The van der Waals surface area contributed by atoms with Crippen LogP contribution in [0.5, 0.6) is 0 Å². The Hall–Kier alpha value is 4.77. The molecule has 13 heavy (non-hydrogen) atoms. The van der Waals surface area contributed by atoms with Crippen molar-refractivity contribution in [3.05, 3.63) is 0 Å². The lowest BCUT2D eigenvalue weighted by Crippen LogP contribution is -0.931. The van der Waals surface area contributed by atoms with E-state index < -0.39 is 0 Å². The second-order valence-corrected chi connectivity index (χ2v) is 0. The zero-order valence-corrected chi connectivity index (χ0v) is 18.7. The predicted molar refractivity (Wildman–Crippen MR) is 125 cm³/mol. The van der Waals surface area contributed by atoms with Crippen LogP contribution in [0.1, 0.15) is 7.43 Å². The Kier molecular flexibility index (Phi) is 608. The van der Waals surface area contributed by atoms with Gasteiger partial charge in [-0.25, -0.2) is 0 Å². The highest BCUT2D eigenvalue weighted by atomic mass is 127. The molecule has 0 aliphatic heterocycles. The van der Waals surface area contributed by atoms with Crippen molar-refractivity contribution in [2.75, 3.05) is 0 Å². The van der Waals surface area contributed by atoms with Crippen LogP contribution in [-0.4, -0.2) is 34.2 Å². The van der Waals surface area contributed by atoms with Gasteiger partial charge in [-0.05, 0) is 0 Å². The molecule has 0 aromatic heterocycles. The van der Waals surface area contributed by atoms with Gasteiger partial charge >= 0.3 is 0 Å². The molecule has 0 N–H and O–H groups in total. The molecule has 0 aromatic carbocycles. The summed E-state index contributed by atoms with van der Waals surface area (Å²) in [6.07, 6.45) is 0. The van der Waals surface area contributed by atoms with E-state index in [4.69, 9.17) is 0 Å². The molecule has 0 rings (SSSR count). The topological polar surface area (TPSA) is 0 Å². The highest BCUT2D eigenvalue weighted by Crippen LogP contribution is 1.45. The van der Waals surface area contributed by atoms with Gasteiger partial charge in [-0.1, -0.05) is 7.43 Å². The third kappa shape index (κ3) is 161. The van der Waals surface area contributed by atoms with Gasteiger partial charge in [0.2, 0.25) is 0 Å². The number of hydrogen-bond acceptors (Lipinski definition) is 0. The summed E-state index contributed by atoms with van der Waals surface area (Å²) in [5, 5.41) is 0. The van der Waals surface area contributed by atoms with Crippen LogP contribution >= 0.6 is 134 Å². The van der Waals surface area contributed by atoms with Crippen molar-refractivity contribution in [3.8, 4) is 0 Å². The third-order valence-corrected chi connectivity index (χ3v) is 0. The SMILES string of the molecule is C.[B]I.[B]I.[B]I.[B]I.[B]I.[B]I. The fourth-order valence-corrected chi connectivity index (χ4v) is 0. The highest BCUT2D eigenvalue weighted by molar-refractivity contribution is 14.1. The minimum atomic E-state index is 0. The first-order valence-electron chi connectivity index (χ1n) is 1.31. The first-order valence-corrected chi connectivity index (χ1v) is 8.78. The van der Waals surface area contributed by atoms with Crippen molar-refractivity contribution < 1.29 is 0 Å². The summed E-state index contributed by atoms with van der Waals surface area (Å²) in [6, 6.07) is 0. The van der Waals surface area contributed by atoms with Gasteiger partial charge in [0.25, 0.3) is 0 Å². The fraction of sp³-hybridized carbons (Fsp3) is 1.00. The van der Waals surface area contributed by atoms with Gasteiger partial charge in [0.05, 0.1) is 0 Å². The van der Waals surface area contributed by atoms with Crippen molar-refractivity contribution in [2.24, 2.45) is 0 Å². The summed E-state index contributed by atoms with van der Waals surface area (Å²) < 4.78 is 0. The minimum Gasteiger partial charge on any atom is -0.169 e. The van der Waals surface area contributed by atoms with Gasteiger partial charge < -0.3 is 0 Å². The number of rotatable bonds is 0. The molecule has 0 fully saturated rings. The molecule has 0 unspecified atom stereocenters. The second kappa shape index (κ2) is 183. The van der Waals surface area contributed by atoms with Crippen molar-refractivity contribution >= 4 is 168 Å². The normalized spacial score (nSPS) is 2.31. The molecule has 12 heteroatoms. The fourth-order valence-electron chi connectivity index (χ4n) is 0. The van der Waals surface area contributed by atoms with Crippen molar-refractivity contribution in [2.45, 2.75) is 7.43 Å². The molecule has 0 amide bonds. The van der Waals surface area contributed by atoms with Crippen LogP contribution in [0, 0.1) is 0 Å². The Bertz CT molecular complexity index is 17.1. The standard InChI is InChI=1S/CH4.6BI/c;6*1-2/h1H4;;;;;;. The lowest BCUT2D eigenvalue weighted by atomic mass is 10.8. The van der Waals surface area contributed by atoms with Gasteiger partial charge in [0.1, 0.15) is 0 Å². The summed E-state index contributed by atoms with van der Waals surface area (Å²) in [7, 11) is 0. The van der Waals surface area contributed by atoms with E-state index in [1.807, 2.05) is 0 Å². The smallest absolute Gasteiger partial charge is 0.169 e. The van der Waals surface area contributed by atoms with Crippen LogP contribution in [0.25, 0.3) is 0 Å². The summed E-state index contributed by atoms with van der Waals surface area (Å²) in [4.78, 5) is 0. The Morgan fingerprint density at radius 2 is 0.308 bits per heavy atom. The van der Waals surface area contributed by atoms with Gasteiger partial charge in [0.15, 0.2) is 34.2 Å². The molecule has 0 heterocycles. The molecule has 0 atom stereocenters. The highest BCUT2D eigenvalue weighted by Gasteiger charge is 1.02. The van der Waals surface area contributed by atoms with E-state index in [9.17, 15) is 0 Å². The van der Waals surface area contributed by atoms with Crippen molar-refractivity contribution in [1.82, 2.24) is 0 Å². The van der Waals surface area contributed by atoms with Crippen LogP contribution in [-0.2, 0) is 0 Å². The first-order chi connectivity index (χ1) is 6.00. The Morgan fingerprint density at radius 3 is 0.308 bits per heavy atom. The van der Waals surface area contributed by atoms with Crippen LogP contribution in [0.2, 0.25) is 0 Å². The van der Waals surface area contributed by atoms with E-state index in [1.54, 1.807) is 134 Å². The molecule has 0 aromatic rings. The lowest BCUT2D eigenvalue weighted by molar-refractivity contribution is 2.50. The summed E-state index contributed by atoms with van der Waals surface area (Å²) in [5.41, 5.74) is 26.8. The quantitative estimate of drug-likeness (QED) is 0.259. The van der Waals surface area contributed by atoms with Crippen LogP contribution in [0.4, 0.5) is 0 Å². The zero-order valence-electron chi connectivity index (χ0n) is 5.73. The van der Waals surface area contributed by atoms with Crippen molar-refractivity contribution in [3.63, 3.8) is 0 Å². The van der Waals surface area contributed by atoms with Crippen LogP contribution in [0.3, 0.4) is 0 Å². The molecule has 0 aliphatic rings. The molecule has 0 saturated carbocycles. The third-order valence-electron chi connectivity index (χ3n) is 0. The molecule has 0 saturated heterocycles. The average Bonchev–Trinajstić information content (AvgIpc) is 2.33. The van der Waals surface area contributed by atoms with E-state index in [-0.39, 0.29) is 7.43 Å². The van der Waals surface area contributed by atoms with Gasteiger partial charge in [-0.3, -0.25) is 0 Å². The van der Waals surface area contributed by atoms with E-state index in [1.165, 1.54) is 0 Å². The predicted octanol–water partition coefficient (Wildman–Crippen LogP) is 3.67. The average molecular weight is 842 g/mol. The maximum absolute atomic E-state index is 4.47. The zero-order chi connectivity index (χ0) is 12.0. The van der Waals surface area contributed by atoms with Crippen molar-refractivity contribution in [1.29, 1.82) is 0 Å². The summed E-state index contributed by atoms with van der Waals surface area (Å²) in [6.45, 7) is 0. The monoisotopic (exact) mass is 844 g/mol. The lowest BCUT2D eigenvalue weighted by Gasteiger charge is -1.01. The van der Waals surface area contributed by atoms with Gasteiger partial charge in [-0.2, -0.15) is 134 Å². The van der Waals surface area contributed by atoms with E-state index >= 15 is 0 Å². The van der Waals surface area contributed by atoms with Gasteiger partial charge in [0, 0.05) is 0 Å². The molecular weight excluding hydrogens is 838 g/mol. The minimum absolute atomic E-state index is 0. The molecular formula is CH4B6I6. The van der Waals surface area contributed by atoms with Crippen LogP contribution < -0.4 is 0 Å². The molecule has 0 aliphatic carbocycles. The maximum Gasteiger partial charge on any atom is 0.169 e. The van der Waals surface area contributed by atoms with E-state index in [0.717, 1.165) is 0 Å². The molecule has 12 radical (unpaired) electrons. The Labute approximate surface area is 172 Å². The maximum atomic E-state index is 4.47. The molecule has 68 valence electrons.